The van der Waals surface area contributed by atoms with E-state index in [1.165, 1.54) is 11.9 Å². The molecule has 3 aliphatic heterocycles. The number of aliphatic hydroxyl groups is 1. The topological polar surface area (TPSA) is 101 Å². The predicted octanol–water partition coefficient (Wildman–Crippen LogP) is -0.645. The molecule has 0 spiro atoms. The number of urea groups is 1. The number of rotatable bonds is 6. The number of aliphatic hydroxyl groups excluding tert-OH is 1. The Morgan fingerprint density at radius 2 is 1.73 bits per heavy atom. The van der Waals surface area contributed by atoms with Crippen molar-refractivity contribution in [1.82, 2.24) is 19.6 Å². The first-order chi connectivity index (χ1) is 15.8. The molecule has 178 valence electrons. The van der Waals surface area contributed by atoms with Gasteiger partial charge in [0.2, 0.25) is 11.9 Å². The number of carbonyl (C=O) groups excluding carboxylic acids is 2. The number of likely N-dealkylation sites (N-methyl/N-ethyl adjacent to an activating group) is 3. The molecule has 3 heterocycles. The Kier molecular flexibility index (Phi) is 6.52. The minimum absolute atomic E-state index is 0.0414. The van der Waals surface area contributed by atoms with Gasteiger partial charge >= 0.3 is 12.0 Å². The number of β-amino-alcohol motifs (C(OH)–C–C–N with tert-alkyl or cyclic N) is 1. The van der Waals surface area contributed by atoms with Crippen LogP contribution >= 0.6 is 0 Å². The number of aliphatic imine (C=N–C) groups is 1. The Morgan fingerprint density at radius 1 is 1.09 bits per heavy atom. The molecule has 2 atom stereocenters. The van der Waals surface area contributed by atoms with Crippen LogP contribution in [0.5, 0.6) is 11.5 Å². The second-order valence-electron chi connectivity index (χ2n) is 8.49. The quantitative estimate of drug-likeness (QED) is 0.565. The van der Waals surface area contributed by atoms with E-state index in [2.05, 4.69) is 16.5 Å². The fraction of sp³-hybridized carbons (Fsp3) is 0.545. The normalized spacial score (nSPS) is 22.5. The van der Waals surface area contributed by atoms with Crippen LogP contribution in [0.4, 0.5) is 4.79 Å². The molecule has 0 radical (unpaired) electrons. The van der Waals surface area contributed by atoms with Crippen molar-refractivity contribution in [3.63, 3.8) is 0 Å². The summed E-state index contributed by atoms with van der Waals surface area (Å²) < 4.78 is 13.0. The Hall–Kier alpha value is -3.18. The summed E-state index contributed by atoms with van der Waals surface area (Å²) in [7, 11) is 6.74. The molecule has 2 unspecified atom stereocenters. The first-order valence-corrected chi connectivity index (χ1v) is 11.0. The van der Waals surface area contributed by atoms with Crippen molar-refractivity contribution >= 4 is 23.7 Å². The summed E-state index contributed by atoms with van der Waals surface area (Å²) in [5, 5.41) is 10.8. The largest absolute Gasteiger partial charge is 0.497 e. The zero-order chi connectivity index (χ0) is 23.7. The van der Waals surface area contributed by atoms with Crippen molar-refractivity contribution in [3.05, 3.63) is 24.3 Å². The van der Waals surface area contributed by atoms with Gasteiger partial charge < -0.3 is 19.5 Å². The molecular formula is C22H31N6O5+. The van der Waals surface area contributed by atoms with E-state index in [1.807, 2.05) is 0 Å². The van der Waals surface area contributed by atoms with Crippen molar-refractivity contribution < 1.29 is 28.7 Å². The molecule has 0 aliphatic carbocycles. The van der Waals surface area contributed by atoms with Crippen LogP contribution in [-0.2, 0) is 4.79 Å². The van der Waals surface area contributed by atoms with Crippen molar-refractivity contribution in [3.8, 4) is 11.5 Å². The molecule has 0 aromatic heterocycles. The third-order valence-electron chi connectivity index (χ3n) is 6.21. The number of fused-ring (bicyclic) bond motifs is 1. The zero-order valence-corrected chi connectivity index (χ0v) is 19.5. The molecule has 11 nitrogen and oxygen atoms in total. The maximum absolute atomic E-state index is 13.1. The fourth-order valence-corrected chi connectivity index (χ4v) is 4.18. The summed E-state index contributed by atoms with van der Waals surface area (Å²) in [5.74, 6) is 1.96. The summed E-state index contributed by atoms with van der Waals surface area (Å²) in [6.45, 7) is 3.38. The summed E-state index contributed by atoms with van der Waals surface area (Å²) in [6.07, 6.45) is -0.884. The molecular weight excluding hydrogens is 428 g/mol. The van der Waals surface area contributed by atoms with Crippen LogP contribution in [-0.4, -0.2) is 133 Å². The molecule has 2 saturated heterocycles. The Bertz CT molecular complexity index is 968. The summed E-state index contributed by atoms with van der Waals surface area (Å²) in [5.41, 5.74) is 0. The number of benzene rings is 1. The van der Waals surface area contributed by atoms with Crippen molar-refractivity contribution in [2.75, 3.05) is 67.6 Å². The Balaban J connectivity index is 1.54. The van der Waals surface area contributed by atoms with E-state index < -0.39 is 18.2 Å². The molecule has 3 aliphatic rings. The first-order valence-electron chi connectivity index (χ1n) is 11.0. The molecule has 0 bridgehead atoms. The van der Waals surface area contributed by atoms with E-state index in [9.17, 15) is 14.7 Å². The molecule has 1 aromatic carbocycles. The highest BCUT2D eigenvalue weighted by molar-refractivity contribution is 6.25. The van der Waals surface area contributed by atoms with Gasteiger partial charge in [0.25, 0.3) is 5.91 Å². The number of amides is 3. The molecule has 2 fully saturated rings. The fourth-order valence-electron chi connectivity index (χ4n) is 4.18. The van der Waals surface area contributed by atoms with Crippen LogP contribution in [0.25, 0.3) is 0 Å². The molecule has 1 N–H and O–H groups in total. The number of hydrogen-bond acceptors (Lipinski definition) is 6. The lowest BCUT2D eigenvalue weighted by Gasteiger charge is -2.34. The van der Waals surface area contributed by atoms with E-state index in [0.29, 0.717) is 17.5 Å². The molecule has 3 amide bonds. The zero-order valence-electron chi connectivity index (χ0n) is 19.5. The maximum Gasteiger partial charge on any atom is 0.392 e. The molecule has 33 heavy (non-hydrogen) atoms. The lowest BCUT2D eigenvalue weighted by molar-refractivity contribution is -0.544. The number of nitrogens with zero attached hydrogens (tertiary/aromatic N) is 6. The number of hydrogen-bond donors (Lipinski definition) is 1. The second kappa shape index (κ2) is 9.36. The van der Waals surface area contributed by atoms with Gasteiger partial charge in [-0.2, -0.15) is 0 Å². The number of carbonyl (C=O) groups is 2. The first kappa shape index (κ1) is 23.0. The van der Waals surface area contributed by atoms with Crippen LogP contribution in [0.2, 0.25) is 0 Å². The number of piperazine rings is 1. The van der Waals surface area contributed by atoms with E-state index in [4.69, 9.17) is 14.5 Å². The molecule has 1 aromatic rings. The van der Waals surface area contributed by atoms with Gasteiger partial charge in [-0.15, -0.1) is 0 Å². The average Bonchev–Trinajstić information content (AvgIpc) is 3.20. The van der Waals surface area contributed by atoms with Gasteiger partial charge in [0.05, 0.1) is 26.7 Å². The minimum Gasteiger partial charge on any atom is -0.497 e. The number of ether oxygens (including phenoxy) is 2. The molecule has 0 saturated carbocycles. The number of amidine groups is 1. The lowest BCUT2D eigenvalue weighted by atomic mass is 10.1. The third-order valence-corrected chi connectivity index (χ3v) is 6.21. The van der Waals surface area contributed by atoms with Crippen LogP contribution in [0.1, 0.15) is 0 Å². The van der Waals surface area contributed by atoms with E-state index in [0.717, 1.165) is 36.8 Å². The molecule has 4 rings (SSSR count). The smallest absolute Gasteiger partial charge is 0.392 e. The molecule has 11 heteroatoms. The van der Waals surface area contributed by atoms with Gasteiger partial charge in [-0.3, -0.25) is 19.2 Å². The van der Waals surface area contributed by atoms with Crippen molar-refractivity contribution in [1.29, 1.82) is 0 Å². The van der Waals surface area contributed by atoms with Crippen LogP contribution < -0.4 is 9.47 Å². The van der Waals surface area contributed by atoms with Crippen LogP contribution in [0.3, 0.4) is 0 Å². The van der Waals surface area contributed by atoms with Gasteiger partial charge in [-0.1, -0.05) is 4.99 Å². The Labute approximate surface area is 193 Å². The van der Waals surface area contributed by atoms with Crippen LogP contribution in [0.15, 0.2) is 29.3 Å². The number of guanidine groups is 1. The standard InChI is InChI=1S/C22H31N6O5/c1-24-9-11-27(12-10-24)21-23-19-18(20(30)26(3)22(31)25(19)2)28(21)13-15(29)14-33-17-7-5-16(32-4)6-8-17/h5-8,15,18,29H,9-14H2,1-4H3/q+1. The van der Waals surface area contributed by atoms with E-state index in [-0.39, 0.29) is 19.1 Å². The van der Waals surface area contributed by atoms with Gasteiger partial charge in [0.15, 0.2) is 0 Å². The highest BCUT2D eigenvalue weighted by atomic mass is 16.5. The van der Waals surface area contributed by atoms with Gasteiger partial charge in [0, 0.05) is 27.2 Å². The minimum atomic E-state index is -0.884. The van der Waals surface area contributed by atoms with Crippen molar-refractivity contribution in [2.45, 2.75) is 12.1 Å². The van der Waals surface area contributed by atoms with Crippen LogP contribution in [0, 0.1) is 0 Å². The van der Waals surface area contributed by atoms with Gasteiger partial charge in [0.1, 0.15) is 24.2 Å². The second-order valence-corrected chi connectivity index (χ2v) is 8.49. The average molecular weight is 460 g/mol. The highest BCUT2D eigenvalue weighted by Crippen LogP contribution is 2.24. The SMILES string of the molecule is COc1ccc(OCC(O)CN2C(=[N+]3CCN(C)CC3)N=C3C2C(=O)N(C)C(=O)N3C)cc1. The van der Waals surface area contributed by atoms with Gasteiger partial charge in [-0.05, 0) is 31.3 Å². The van der Waals surface area contributed by atoms with E-state index >= 15 is 0 Å². The summed E-state index contributed by atoms with van der Waals surface area (Å²) >= 11 is 0. The van der Waals surface area contributed by atoms with Gasteiger partial charge in [-0.25, -0.2) is 9.69 Å². The summed E-state index contributed by atoms with van der Waals surface area (Å²) in [6, 6.07) is 5.92. The third kappa shape index (κ3) is 4.51. The lowest BCUT2D eigenvalue weighted by Crippen LogP contribution is -2.63. The highest BCUT2D eigenvalue weighted by Gasteiger charge is 2.55. The van der Waals surface area contributed by atoms with E-state index in [1.54, 1.807) is 43.3 Å². The predicted molar refractivity (Wildman–Crippen MR) is 121 cm³/mol. The number of imide groups is 1. The number of methoxy groups -OCH3 is 1. The maximum atomic E-state index is 13.1. The Morgan fingerprint density at radius 3 is 2.36 bits per heavy atom. The summed E-state index contributed by atoms with van der Waals surface area (Å²) in [4.78, 5) is 36.8. The van der Waals surface area contributed by atoms with Crippen molar-refractivity contribution in [2.24, 2.45) is 4.99 Å². The monoisotopic (exact) mass is 459 g/mol.